The maximum absolute atomic E-state index is 5.26. The first-order valence-corrected chi connectivity index (χ1v) is 5.77. The molecular weight excluding hydrogens is 214 g/mol. The molecule has 1 atom stereocenters. The Hall–Kier alpha value is -1.97. The molecule has 4 heteroatoms. The Bertz CT molecular complexity index is 481. The van der Waals surface area contributed by atoms with Crippen LogP contribution in [0.15, 0.2) is 41.3 Å². The first-order valence-electron chi connectivity index (χ1n) is 5.77. The second kappa shape index (κ2) is 4.13. The maximum atomic E-state index is 5.26. The van der Waals surface area contributed by atoms with Crippen molar-refractivity contribution in [2.75, 3.05) is 13.7 Å². The predicted molar refractivity (Wildman–Crippen MR) is 66.8 cm³/mol. The van der Waals surface area contributed by atoms with Crippen molar-refractivity contribution in [3.8, 4) is 5.75 Å². The Morgan fingerprint density at radius 3 is 3.29 bits per heavy atom. The molecule has 0 fully saturated rings. The summed E-state index contributed by atoms with van der Waals surface area (Å²) in [5, 5.41) is 4.05. The van der Waals surface area contributed by atoms with E-state index < -0.39 is 0 Å². The van der Waals surface area contributed by atoms with Gasteiger partial charge in [0.25, 0.3) is 0 Å². The molecule has 0 aromatic heterocycles. The molecule has 2 aliphatic rings. The second-order valence-corrected chi connectivity index (χ2v) is 4.31. The Labute approximate surface area is 101 Å². The van der Waals surface area contributed by atoms with Gasteiger partial charge >= 0.3 is 0 Å². The largest absolute Gasteiger partial charge is 0.497 e. The summed E-state index contributed by atoms with van der Waals surface area (Å²) in [7, 11) is 1.70. The molecule has 0 radical (unpaired) electrons. The second-order valence-electron chi connectivity index (χ2n) is 4.31. The molecule has 0 saturated carbocycles. The fourth-order valence-electron chi connectivity index (χ4n) is 2.30. The third kappa shape index (κ3) is 1.86. The van der Waals surface area contributed by atoms with Gasteiger partial charge in [0.15, 0.2) is 0 Å². The quantitative estimate of drug-likeness (QED) is 0.841. The first-order chi connectivity index (χ1) is 8.36. The number of ether oxygens (including phenoxy) is 1. The lowest BCUT2D eigenvalue weighted by molar-refractivity contribution is 0.409. The normalized spacial score (nSPS) is 21.8. The molecule has 0 saturated heterocycles. The maximum Gasteiger partial charge on any atom is 0.123 e. The summed E-state index contributed by atoms with van der Waals surface area (Å²) < 4.78 is 5.26. The predicted octanol–water partition coefficient (Wildman–Crippen LogP) is 1.87. The average Bonchev–Trinajstić information content (AvgIpc) is 2.86. The van der Waals surface area contributed by atoms with Gasteiger partial charge in [0.2, 0.25) is 0 Å². The van der Waals surface area contributed by atoms with Crippen LogP contribution in [0.5, 0.6) is 5.75 Å². The summed E-state index contributed by atoms with van der Waals surface area (Å²) in [4.78, 5) is 2.15. The molecule has 1 unspecified atom stereocenters. The molecule has 2 aliphatic heterocycles. The number of hydrazone groups is 1. The standard InChI is InChI=1S/C13H15N3O/c1-17-12-4-2-3-10(7-12)11-5-6-13-15-14-9-16(13)8-11/h2-4,6-7,9,11,15H,5,8H2,1H3. The van der Waals surface area contributed by atoms with Crippen LogP contribution in [0.1, 0.15) is 17.9 Å². The highest BCUT2D eigenvalue weighted by Crippen LogP contribution is 2.29. The summed E-state index contributed by atoms with van der Waals surface area (Å²) in [5.74, 6) is 2.52. The van der Waals surface area contributed by atoms with E-state index in [2.05, 4.69) is 33.6 Å². The van der Waals surface area contributed by atoms with Gasteiger partial charge in [-0.15, -0.1) is 0 Å². The number of allylic oxidation sites excluding steroid dienone is 1. The zero-order valence-electron chi connectivity index (χ0n) is 9.76. The van der Waals surface area contributed by atoms with Crippen molar-refractivity contribution in [3.63, 3.8) is 0 Å². The van der Waals surface area contributed by atoms with E-state index in [-0.39, 0.29) is 0 Å². The number of rotatable bonds is 2. The topological polar surface area (TPSA) is 36.9 Å². The van der Waals surface area contributed by atoms with Crippen LogP contribution < -0.4 is 10.2 Å². The van der Waals surface area contributed by atoms with E-state index in [0.29, 0.717) is 5.92 Å². The molecule has 2 heterocycles. The number of nitrogens with one attached hydrogen (secondary N) is 1. The van der Waals surface area contributed by atoms with E-state index in [1.165, 1.54) is 5.56 Å². The van der Waals surface area contributed by atoms with Crippen LogP contribution in [0.2, 0.25) is 0 Å². The minimum absolute atomic E-state index is 0.500. The van der Waals surface area contributed by atoms with Crippen LogP contribution in [-0.2, 0) is 0 Å². The highest BCUT2D eigenvalue weighted by molar-refractivity contribution is 5.61. The average molecular weight is 229 g/mol. The lowest BCUT2D eigenvalue weighted by Crippen LogP contribution is -2.30. The van der Waals surface area contributed by atoms with Gasteiger partial charge in [-0.1, -0.05) is 12.1 Å². The molecule has 0 aliphatic carbocycles. The van der Waals surface area contributed by atoms with Crippen LogP contribution in [-0.4, -0.2) is 24.9 Å². The molecule has 0 spiro atoms. The molecule has 1 aromatic rings. The Balaban J connectivity index is 1.83. The first kappa shape index (κ1) is 10.2. The van der Waals surface area contributed by atoms with Crippen LogP contribution in [0.4, 0.5) is 0 Å². The van der Waals surface area contributed by atoms with Crippen LogP contribution in [0, 0.1) is 0 Å². The van der Waals surface area contributed by atoms with Gasteiger partial charge in [-0.3, -0.25) is 5.43 Å². The number of hydrogen-bond acceptors (Lipinski definition) is 4. The van der Waals surface area contributed by atoms with Crippen LogP contribution in [0.25, 0.3) is 0 Å². The van der Waals surface area contributed by atoms with Gasteiger partial charge in [0, 0.05) is 12.5 Å². The van der Waals surface area contributed by atoms with Gasteiger partial charge in [0.05, 0.1) is 7.11 Å². The summed E-state index contributed by atoms with van der Waals surface area (Å²) in [5.41, 5.74) is 4.30. The summed E-state index contributed by atoms with van der Waals surface area (Å²) in [6.45, 7) is 0.968. The van der Waals surface area contributed by atoms with Gasteiger partial charge in [-0.05, 0) is 30.2 Å². The lowest BCUT2D eigenvalue weighted by atomic mass is 9.93. The number of benzene rings is 1. The smallest absolute Gasteiger partial charge is 0.123 e. The zero-order valence-corrected chi connectivity index (χ0v) is 9.76. The number of fused-ring (bicyclic) bond motifs is 1. The Morgan fingerprint density at radius 1 is 1.47 bits per heavy atom. The van der Waals surface area contributed by atoms with Crippen molar-refractivity contribution in [2.45, 2.75) is 12.3 Å². The molecule has 3 rings (SSSR count). The van der Waals surface area contributed by atoms with Crippen LogP contribution >= 0.6 is 0 Å². The van der Waals surface area contributed by atoms with E-state index in [1.807, 2.05) is 18.5 Å². The highest BCUT2D eigenvalue weighted by atomic mass is 16.5. The van der Waals surface area contributed by atoms with E-state index in [0.717, 1.165) is 24.5 Å². The lowest BCUT2D eigenvalue weighted by Gasteiger charge is -2.28. The van der Waals surface area contributed by atoms with E-state index in [4.69, 9.17) is 4.74 Å². The molecule has 0 amide bonds. The molecule has 88 valence electrons. The molecule has 17 heavy (non-hydrogen) atoms. The zero-order chi connectivity index (χ0) is 11.7. The summed E-state index contributed by atoms with van der Waals surface area (Å²) in [6, 6.07) is 8.30. The van der Waals surface area contributed by atoms with E-state index >= 15 is 0 Å². The highest BCUT2D eigenvalue weighted by Gasteiger charge is 2.23. The molecule has 1 N–H and O–H groups in total. The van der Waals surface area contributed by atoms with Crippen molar-refractivity contribution >= 4 is 6.34 Å². The Kier molecular flexibility index (Phi) is 2.48. The van der Waals surface area contributed by atoms with E-state index in [9.17, 15) is 0 Å². The molecule has 4 nitrogen and oxygen atoms in total. The Morgan fingerprint density at radius 2 is 2.41 bits per heavy atom. The minimum atomic E-state index is 0.500. The van der Waals surface area contributed by atoms with Gasteiger partial charge in [-0.25, -0.2) is 0 Å². The molecule has 1 aromatic carbocycles. The summed E-state index contributed by atoms with van der Waals surface area (Å²) >= 11 is 0. The minimum Gasteiger partial charge on any atom is -0.497 e. The number of methoxy groups -OCH3 is 1. The van der Waals surface area contributed by atoms with E-state index in [1.54, 1.807) is 7.11 Å². The van der Waals surface area contributed by atoms with Gasteiger partial charge in [-0.2, -0.15) is 5.10 Å². The number of nitrogens with zero attached hydrogens (tertiary/aromatic N) is 2. The van der Waals surface area contributed by atoms with Crippen molar-refractivity contribution in [1.82, 2.24) is 10.3 Å². The monoisotopic (exact) mass is 229 g/mol. The fourth-order valence-corrected chi connectivity index (χ4v) is 2.30. The third-order valence-electron chi connectivity index (χ3n) is 3.26. The van der Waals surface area contributed by atoms with Crippen molar-refractivity contribution in [1.29, 1.82) is 0 Å². The number of hydrogen-bond donors (Lipinski definition) is 1. The molecular formula is C13H15N3O. The van der Waals surface area contributed by atoms with Gasteiger partial charge < -0.3 is 9.64 Å². The van der Waals surface area contributed by atoms with Crippen molar-refractivity contribution in [3.05, 3.63) is 41.7 Å². The van der Waals surface area contributed by atoms with Gasteiger partial charge in [0.1, 0.15) is 17.9 Å². The third-order valence-corrected chi connectivity index (χ3v) is 3.26. The fraction of sp³-hybridized carbons (Fsp3) is 0.308. The van der Waals surface area contributed by atoms with Crippen LogP contribution in [0.3, 0.4) is 0 Å². The SMILES string of the molecule is COc1cccc(C2CC=C3NN=CN3C2)c1. The summed E-state index contributed by atoms with van der Waals surface area (Å²) in [6.07, 6.45) is 5.08. The van der Waals surface area contributed by atoms with Crippen molar-refractivity contribution in [2.24, 2.45) is 5.10 Å². The van der Waals surface area contributed by atoms with Crippen molar-refractivity contribution < 1.29 is 4.74 Å². The molecule has 0 bridgehead atoms.